The summed E-state index contributed by atoms with van der Waals surface area (Å²) in [7, 11) is 0. The van der Waals surface area contributed by atoms with Gasteiger partial charge in [0.15, 0.2) is 0 Å². The topological polar surface area (TPSA) is 12.0 Å². The van der Waals surface area contributed by atoms with Crippen LogP contribution in [-0.4, -0.2) is 5.54 Å². The van der Waals surface area contributed by atoms with Gasteiger partial charge < -0.3 is 0 Å². The Kier molecular flexibility index (Phi) is 2.31. The third kappa shape index (κ3) is 4.65. The Morgan fingerprint density at radius 1 is 1.33 bits per heavy atom. The average molecular weight is 256 g/mol. The summed E-state index contributed by atoms with van der Waals surface area (Å²) in [5.74, 6) is 0. The molecule has 0 aliphatic heterocycles. The molecule has 0 rings (SSSR count). The van der Waals surface area contributed by atoms with Gasteiger partial charge >= 0.3 is 50.3 Å². The minimum absolute atomic E-state index is 0.329. The summed E-state index contributed by atoms with van der Waals surface area (Å²) in [5, 5.41) is 0. The first-order valence-corrected chi connectivity index (χ1v) is 3.42. The van der Waals surface area contributed by atoms with Gasteiger partial charge in [0.05, 0.1) is 0 Å². The second-order valence-corrected chi connectivity index (χ2v) is 3.09. The Morgan fingerprint density at radius 3 is 1.50 bits per heavy atom. The molecule has 0 spiro atoms. The van der Waals surface area contributed by atoms with Gasteiger partial charge in [-0.15, -0.1) is 0 Å². The van der Waals surface area contributed by atoms with Gasteiger partial charge in [0, 0.05) is 0 Å². The van der Waals surface area contributed by atoms with Crippen LogP contribution in [0.4, 0.5) is 0 Å². The molecule has 37 valence electrons. The van der Waals surface area contributed by atoms with Crippen LogP contribution < -0.4 is 3.88 Å². The van der Waals surface area contributed by atoms with Gasteiger partial charge in [-0.3, -0.25) is 0 Å². The van der Waals surface area contributed by atoms with Crippen molar-refractivity contribution in [2.75, 3.05) is 0 Å². The summed E-state index contributed by atoms with van der Waals surface area (Å²) in [5.41, 5.74) is 0.329. The Hall–Kier alpha value is 0.648. The van der Waals surface area contributed by atoms with Crippen molar-refractivity contribution in [3.8, 4) is 0 Å². The van der Waals surface area contributed by atoms with Gasteiger partial charge in [-0.2, -0.15) is 0 Å². The first-order valence-electron chi connectivity index (χ1n) is 1.95. The molecule has 0 bridgehead atoms. The minimum atomic E-state index is 0.329. The van der Waals surface area contributed by atoms with Crippen LogP contribution in [0.25, 0.3) is 0 Å². The predicted octanol–water partition coefficient (Wildman–Crippen LogP) is 0.836. The molecule has 0 aromatic rings. The molecular weight excluding hydrogens is 246 g/mol. The molecule has 0 aliphatic rings. The van der Waals surface area contributed by atoms with E-state index in [0.29, 0.717) is 5.54 Å². The third-order valence-electron chi connectivity index (χ3n) is 0.306. The molecule has 0 heterocycles. The van der Waals surface area contributed by atoms with Crippen LogP contribution in [0.5, 0.6) is 0 Å². The molecule has 0 fully saturated rings. The summed E-state index contributed by atoms with van der Waals surface area (Å²) in [6, 6.07) is 0. The molecular formula is C4H10NW. The zero-order valence-corrected chi connectivity index (χ0v) is 7.34. The van der Waals surface area contributed by atoms with E-state index in [1.54, 1.807) is 0 Å². The first-order chi connectivity index (χ1) is 2.56. The first kappa shape index (κ1) is 6.65. The van der Waals surface area contributed by atoms with Gasteiger partial charge in [0.2, 0.25) is 0 Å². The van der Waals surface area contributed by atoms with E-state index >= 15 is 0 Å². The van der Waals surface area contributed by atoms with Gasteiger partial charge in [-0.25, -0.2) is 0 Å². The van der Waals surface area contributed by atoms with Crippen molar-refractivity contribution >= 4 is 0 Å². The molecule has 2 heteroatoms. The van der Waals surface area contributed by atoms with Gasteiger partial charge in [0.25, 0.3) is 0 Å². The Balaban J connectivity index is 3.17. The average Bonchev–Trinajstić information content (AvgIpc) is 1.35. The fraction of sp³-hybridized carbons (Fsp3) is 1.00. The standard InChI is InChI=1S/C4H10N.W/c1-4(2,3)5;/h5H,1-3H3;/q-1;+1. The van der Waals surface area contributed by atoms with Crippen molar-refractivity contribution in [2.24, 2.45) is 0 Å². The summed E-state index contributed by atoms with van der Waals surface area (Å²) < 4.78 is 3.19. The second-order valence-electron chi connectivity index (χ2n) is 2.35. The van der Waals surface area contributed by atoms with E-state index in [1.165, 1.54) is 20.1 Å². The molecule has 0 aliphatic carbocycles. The molecule has 0 saturated carbocycles. The normalized spacial score (nSPS) is 11.8. The van der Waals surface area contributed by atoms with E-state index in [2.05, 4.69) is 24.6 Å². The maximum absolute atomic E-state index is 3.19. The van der Waals surface area contributed by atoms with Crippen LogP contribution >= 0.6 is 0 Å². The fourth-order valence-corrected chi connectivity index (χ4v) is 0. The molecule has 1 nitrogen and oxygen atoms in total. The van der Waals surface area contributed by atoms with Crippen LogP contribution in [0, 0.1) is 0 Å². The summed E-state index contributed by atoms with van der Waals surface area (Å²) >= 11 is 1.44. The van der Waals surface area contributed by atoms with E-state index in [9.17, 15) is 0 Å². The van der Waals surface area contributed by atoms with Crippen molar-refractivity contribution in [1.29, 1.82) is 0 Å². The molecule has 0 atom stereocenters. The van der Waals surface area contributed by atoms with Crippen LogP contribution in [0.15, 0.2) is 0 Å². The van der Waals surface area contributed by atoms with E-state index in [1.807, 2.05) is 0 Å². The zero-order valence-electron chi connectivity index (χ0n) is 4.41. The Morgan fingerprint density at radius 2 is 1.50 bits per heavy atom. The third-order valence-corrected chi connectivity index (χ3v) is 2.51. The summed E-state index contributed by atoms with van der Waals surface area (Å²) in [4.78, 5) is 0. The number of nitrogens with one attached hydrogen (secondary N) is 1. The second kappa shape index (κ2) is 2.09. The van der Waals surface area contributed by atoms with Crippen molar-refractivity contribution in [2.45, 2.75) is 26.3 Å². The molecule has 0 aromatic heterocycles. The van der Waals surface area contributed by atoms with E-state index in [-0.39, 0.29) is 0 Å². The number of hydrogen-bond acceptors (Lipinski definition) is 1. The quantitative estimate of drug-likeness (QED) is 0.677. The van der Waals surface area contributed by atoms with Crippen LogP contribution in [-0.2, 0) is 20.1 Å². The Bertz CT molecular complexity index is 37.3. The SMILES string of the molecule is CC(C)(C)[NH][W]. The van der Waals surface area contributed by atoms with E-state index in [0.717, 1.165) is 0 Å². The van der Waals surface area contributed by atoms with Crippen molar-refractivity contribution < 1.29 is 20.1 Å². The number of hydrogen-bond donors (Lipinski definition) is 1. The molecule has 0 unspecified atom stereocenters. The van der Waals surface area contributed by atoms with Crippen LogP contribution in [0.3, 0.4) is 0 Å². The van der Waals surface area contributed by atoms with Crippen molar-refractivity contribution in [3.05, 3.63) is 0 Å². The molecule has 0 aromatic carbocycles. The van der Waals surface area contributed by atoms with Crippen molar-refractivity contribution in [1.82, 2.24) is 3.88 Å². The number of rotatable bonds is 0. The predicted molar refractivity (Wildman–Crippen MR) is 22.9 cm³/mol. The molecule has 1 N–H and O–H groups in total. The molecule has 6 heavy (non-hydrogen) atoms. The summed E-state index contributed by atoms with van der Waals surface area (Å²) in [6.45, 7) is 6.46. The molecule has 0 saturated heterocycles. The van der Waals surface area contributed by atoms with E-state index < -0.39 is 0 Å². The zero-order chi connectivity index (χ0) is 5.21. The molecule has 0 radical (unpaired) electrons. The van der Waals surface area contributed by atoms with Gasteiger partial charge in [-0.1, -0.05) is 0 Å². The van der Waals surface area contributed by atoms with E-state index in [4.69, 9.17) is 0 Å². The van der Waals surface area contributed by atoms with Gasteiger partial charge in [0.1, 0.15) is 0 Å². The monoisotopic (exact) mass is 256 g/mol. The van der Waals surface area contributed by atoms with Crippen LogP contribution in [0.1, 0.15) is 20.8 Å². The molecule has 0 amide bonds. The Labute approximate surface area is 50.7 Å². The summed E-state index contributed by atoms with van der Waals surface area (Å²) in [6.07, 6.45) is 0. The van der Waals surface area contributed by atoms with Crippen LogP contribution in [0.2, 0.25) is 0 Å². The maximum atomic E-state index is 3.19. The fourth-order valence-electron chi connectivity index (χ4n) is 0. The van der Waals surface area contributed by atoms with Gasteiger partial charge in [-0.05, 0) is 0 Å². The van der Waals surface area contributed by atoms with Crippen molar-refractivity contribution in [3.63, 3.8) is 0 Å².